The van der Waals surface area contributed by atoms with Crippen LogP contribution in [0.15, 0.2) is 0 Å². The monoisotopic (exact) mass is 214 g/mol. The molecule has 1 nitrogen and oxygen atoms in total. The van der Waals surface area contributed by atoms with Crippen molar-refractivity contribution in [3.63, 3.8) is 0 Å². The van der Waals surface area contributed by atoms with Crippen LogP contribution < -0.4 is 0 Å². The summed E-state index contributed by atoms with van der Waals surface area (Å²) in [5.74, 6) is 2.31. The molecule has 2 saturated carbocycles. The summed E-state index contributed by atoms with van der Waals surface area (Å²) in [6, 6.07) is 0. The molecule has 82 valence electrons. The maximum atomic E-state index is 9.31. The van der Waals surface area contributed by atoms with Gasteiger partial charge in [-0.25, -0.2) is 0 Å². The second-order valence-corrected chi connectivity index (χ2v) is 5.24. The Morgan fingerprint density at radius 1 is 0.929 bits per heavy atom. The number of rotatable bonds is 0. The lowest BCUT2D eigenvalue weighted by Gasteiger charge is -2.35. The molecule has 2 aliphatic carbocycles. The highest BCUT2D eigenvalue weighted by Crippen LogP contribution is 2.39. The van der Waals surface area contributed by atoms with E-state index >= 15 is 0 Å². The van der Waals surface area contributed by atoms with Gasteiger partial charge in [0.2, 0.25) is 0 Å². The van der Waals surface area contributed by atoms with Crippen LogP contribution in [0.25, 0.3) is 0 Å². The molecular weight excluding hydrogens is 192 g/mol. The fourth-order valence-corrected chi connectivity index (χ4v) is 2.86. The van der Waals surface area contributed by atoms with Gasteiger partial charge >= 0.3 is 0 Å². The molecule has 2 fully saturated rings. The van der Waals surface area contributed by atoms with Crippen molar-refractivity contribution in [1.82, 2.24) is 0 Å². The van der Waals surface area contributed by atoms with Crippen LogP contribution in [0.4, 0.5) is 0 Å². The lowest BCUT2D eigenvalue weighted by molar-refractivity contribution is -0.108. The Morgan fingerprint density at radius 3 is 1.36 bits per heavy atom. The SMILES string of the molecule is C1CCC2CCCCC2C1.CC(=O)S. The zero-order valence-corrected chi connectivity index (χ0v) is 10.1. The zero-order valence-electron chi connectivity index (χ0n) is 9.17. The average Bonchev–Trinajstić information content (AvgIpc) is 2.17. The standard InChI is InChI=1S/C10H18.C2H4OS/c1-2-6-10-8-4-3-7-9(10)5-1;1-2(3)4/h9-10H,1-8H2;1H3,(H,3,4). The largest absolute Gasteiger partial charge is 0.288 e. The zero-order chi connectivity index (χ0) is 10.4. The van der Waals surface area contributed by atoms with Gasteiger partial charge in [-0.3, -0.25) is 4.79 Å². The Balaban J connectivity index is 0.000000213. The van der Waals surface area contributed by atoms with Crippen molar-refractivity contribution in [2.45, 2.75) is 58.3 Å². The van der Waals surface area contributed by atoms with Crippen molar-refractivity contribution in [3.8, 4) is 0 Å². The maximum Gasteiger partial charge on any atom is 0.182 e. The molecule has 0 unspecified atom stereocenters. The molecule has 2 heteroatoms. The maximum absolute atomic E-state index is 9.31. The smallest absolute Gasteiger partial charge is 0.182 e. The van der Waals surface area contributed by atoms with Gasteiger partial charge in [0, 0.05) is 6.92 Å². The van der Waals surface area contributed by atoms with Gasteiger partial charge in [0.1, 0.15) is 0 Å². The van der Waals surface area contributed by atoms with Crippen LogP contribution in [0.5, 0.6) is 0 Å². The van der Waals surface area contributed by atoms with E-state index in [-0.39, 0.29) is 5.12 Å². The summed E-state index contributed by atoms with van der Waals surface area (Å²) in [6.07, 6.45) is 12.4. The van der Waals surface area contributed by atoms with Crippen molar-refractivity contribution < 1.29 is 4.79 Å². The first-order valence-corrected chi connectivity index (χ1v) is 6.34. The van der Waals surface area contributed by atoms with E-state index in [0.29, 0.717) is 0 Å². The van der Waals surface area contributed by atoms with E-state index in [1.165, 1.54) is 32.6 Å². The third-order valence-electron chi connectivity index (χ3n) is 3.47. The van der Waals surface area contributed by atoms with Crippen molar-refractivity contribution in [1.29, 1.82) is 0 Å². The Morgan fingerprint density at radius 2 is 1.14 bits per heavy atom. The lowest BCUT2D eigenvalue weighted by atomic mass is 9.71. The number of fused-ring (bicyclic) bond motifs is 1. The number of hydrogen-bond donors (Lipinski definition) is 1. The van der Waals surface area contributed by atoms with E-state index in [0.717, 1.165) is 11.8 Å². The van der Waals surface area contributed by atoms with Gasteiger partial charge in [-0.15, -0.1) is 12.6 Å². The summed E-state index contributed by atoms with van der Waals surface area (Å²) in [5, 5.41) is -0.139. The molecule has 0 radical (unpaired) electrons. The first-order valence-electron chi connectivity index (χ1n) is 5.89. The van der Waals surface area contributed by atoms with E-state index in [1.807, 2.05) is 0 Å². The van der Waals surface area contributed by atoms with E-state index in [9.17, 15) is 4.79 Å². The lowest BCUT2D eigenvalue weighted by Crippen LogP contribution is -2.22. The number of thiol groups is 1. The van der Waals surface area contributed by atoms with Crippen molar-refractivity contribution in [2.24, 2.45) is 11.8 Å². The van der Waals surface area contributed by atoms with Crippen molar-refractivity contribution in [3.05, 3.63) is 0 Å². The van der Waals surface area contributed by atoms with Gasteiger partial charge in [0.15, 0.2) is 5.12 Å². The fraction of sp³-hybridized carbons (Fsp3) is 0.917. The van der Waals surface area contributed by atoms with Crippen molar-refractivity contribution in [2.75, 3.05) is 0 Å². The van der Waals surface area contributed by atoms with Crippen LogP contribution in [0.1, 0.15) is 58.3 Å². The normalized spacial score (nSPS) is 31.0. The third kappa shape index (κ3) is 4.50. The molecule has 0 amide bonds. The van der Waals surface area contributed by atoms with E-state index < -0.39 is 0 Å². The van der Waals surface area contributed by atoms with Crippen LogP contribution in [0.2, 0.25) is 0 Å². The molecular formula is C12H22OS. The summed E-state index contributed by atoms with van der Waals surface area (Å²) < 4.78 is 0. The highest BCUT2D eigenvalue weighted by Gasteiger charge is 2.26. The Bertz CT molecular complexity index is 149. The first-order chi connectivity index (χ1) is 6.70. The molecule has 0 heterocycles. The predicted octanol–water partition coefficient (Wildman–Crippen LogP) is 3.83. The van der Waals surface area contributed by atoms with Crippen LogP contribution >= 0.6 is 12.6 Å². The highest BCUT2D eigenvalue weighted by atomic mass is 32.1. The molecule has 0 aliphatic heterocycles. The topological polar surface area (TPSA) is 17.1 Å². The van der Waals surface area contributed by atoms with Gasteiger partial charge in [-0.1, -0.05) is 51.4 Å². The van der Waals surface area contributed by atoms with Gasteiger partial charge in [0.25, 0.3) is 0 Å². The summed E-state index contributed by atoms with van der Waals surface area (Å²) in [5.41, 5.74) is 0. The molecule has 0 aromatic rings. The van der Waals surface area contributed by atoms with Crippen LogP contribution in [0, 0.1) is 11.8 Å². The molecule has 0 aromatic carbocycles. The number of hydrogen-bond acceptors (Lipinski definition) is 1. The quantitative estimate of drug-likeness (QED) is 0.606. The molecule has 0 N–H and O–H groups in total. The fourth-order valence-electron chi connectivity index (χ4n) is 2.86. The average molecular weight is 214 g/mol. The van der Waals surface area contributed by atoms with Gasteiger partial charge in [-0.05, 0) is 11.8 Å². The second kappa shape index (κ2) is 6.49. The Hall–Kier alpha value is 0.0200. The molecule has 0 bridgehead atoms. The van der Waals surface area contributed by atoms with E-state index in [4.69, 9.17) is 0 Å². The van der Waals surface area contributed by atoms with E-state index in [1.54, 1.807) is 25.7 Å². The first kappa shape index (κ1) is 12.1. The van der Waals surface area contributed by atoms with Gasteiger partial charge < -0.3 is 0 Å². The third-order valence-corrected chi connectivity index (χ3v) is 3.47. The highest BCUT2D eigenvalue weighted by molar-refractivity contribution is 7.96. The Kier molecular flexibility index (Phi) is 5.61. The number of carbonyl (C=O) groups excluding carboxylic acids is 1. The molecule has 0 saturated heterocycles. The minimum absolute atomic E-state index is 0.139. The van der Waals surface area contributed by atoms with Gasteiger partial charge in [0.05, 0.1) is 0 Å². The van der Waals surface area contributed by atoms with Crippen molar-refractivity contribution >= 4 is 17.7 Å². The number of carbonyl (C=O) groups is 1. The predicted molar refractivity (Wildman–Crippen MR) is 63.6 cm³/mol. The summed E-state index contributed by atoms with van der Waals surface area (Å²) >= 11 is 3.33. The Labute approximate surface area is 93.1 Å². The summed E-state index contributed by atoms with van der Waals surface area (Å²) in [6.45, 7) is 1.39. The summed E-state index contributed by atoms with van der Waals surface area (Å²) in [4.78, 5) is 9.31. The molecule has 2 aliphatic rings. The second-order valence-electron chi connectivity index (χ2n) is 4.61. The molecule has 14 heavy (non-hydrogen) atoms. The van der Waals surface area contributed by atoms with Gasteiger partial charge in [-0.2, -0.15) is 0 Å². The van der Waals surface area contributed by atoms with E-state index in [2.05, 4.69) is 12.6 Å². The van der Waals surface area contributed by atoms with Crippen LogP contribution in [-0.4, -0.2) is 5.12 Å². The van der Waals surface area contributed by atoms with Crippen LogP contribution in [-0.2, 0) is 4.79 Å². The minimum Gasteiger partial charge on any atom is -0.288 e. The molecule has 0 aromatic heterocycles. The minimum atomic E-state index is -0.139. The molecule has 0 atom stereocenters. The molecule has 0 spiro atoms. The van der Waals surface area contributed by atoms with Crippen LogP contribution in [0.3, 0.4) is 0 Å². The molecule has 2 rings (SSSR count). The summed E-state index contributed by atoms with van der Waals surface area (Å²) in [7, 11) is 0.